The van der Waals surface area contributed by atoms with E-state index in [0.29, 0.717) is 11.8 Å². The summed E-state index contributed by atoms with van der Waals surface area (Å²) in [6, 6.07) is 0.443. The van der Waals surface area contributed by atoms with Crippen LogP contribution in [0.4, 0.5) is 0 Å². The fourth-order valence-corrected chi connectivity index (χ4v) is 2.42. The first-order valence-corrected chi connectivity index (χ1v) is 6.82. The molecule has 0 amide bonds. The Hall–Kier alpha value is -0.0200. The van der Waals surface area contributed by atoms with Crippen molar-refractivity contribution in [3.8, 4) is 0 Å². The van der Waals surface area contributed by atoms with Gasteiger partial charge in [-0.3, -0.25) is 9.69 Å². The SMILES string of the molecule is CSCCCN1CCC(=O)C(C)C1C. The van der Waals surface area contributed by atoms with E-state index in [4.69, 9.17) is 0 Å². The maximum atomic E-state index is 11.4. The smallest absolute Gasteiger partial charge is 0.138 e. The Morgan fingerprint density at radius 1 is 1.50 bits per heavy atom. The van der Waals surface area contributed by atoms with Crippen LogP contribution in [0.5, 0.6) is 0 Å². The number of Topliss-reactive ketones (excluding diaryl/α,β-unsaturated/α-hetero) is 1. The van der Waals surface area contributed by atoms with E-state index >= 15 is 0 Å². The summed E-state index contributed by atoms with van der Waals surface area (Å²) in [5, 5.41) is 0. The van der Waals surface area contributed by atoms with Crippen molar-refractivity contribution in [1.29, 1.82) is 0 Å². The molecule has 14 heavy (non-hydrogen) atoms. The van der Waals surface area contributed by atoms with Gasteiger partial charge in [-0.1, -0.05) is 6.92 Å². The average Bonchev–Trinajstić information content (AvgIpc) is 2.18. The van der Waals surface area contributed by atoms with E-state index in [1.807, 2.05) is 11.8 Å². The normalized spacial score (nSPS) is 29.5. The molecule has 0 aromatic heterocycles. The number of rotatable bonds is 4. The van der Waals surface area contributed by atoms with Crippen LogP contribution in [0.15, 0.2) is 0 Å². The van der Waals surface area contributed by atoms with Gasteiger partial charge in [-0.15, -0.1) is 0 Å². The second-order valence-electron chi connectivity index (χ2n) is 4.13. The molecular weight excluding hydrogens is 194 g/mol. The second-order valence-corrected chi connectivity index (χ2v) is 5.11. The summed E-state index contributed by atoms with van der Waals surface area (Å²) in [7, 11) is 0. The molecule has 0 radical (unpaired) electrons. The van der Waals surface area contributed by atoms with Gasteiger partial charge in [0.25, 0.3) is 0 Å². The summed E-state index contributed by atoms with van der Waals surface area (Å²) in [5.41, 5.74) is 0. The van der Waals surface area contributed by atoms with Crippen LogP contribution < -0.4 is 0 Å². The first-order valence-electron chi connectivity index (χ1n) is 5.42. The Morgan fingerprint density at radius 3 is 2.86 bits per heavy atom. The molecule has 0 N–H and O–H groups in total. The third-order valence-electron chi connectivity index (χ3n) is 3.25. The zero-order chi connectivity index (χ0) is 10.6. The van der Waals surface area contributed by atoms with Gasteiger partial charge >= 0.3 is 0 Å². The van der Waals surface area contributed by atoms with Crippen molar-refractivity contribution in [3.63, 3.8) is 0 Å². The summed E-state index contributed by atoms with van der Waals surface area (Å²) in [6.07, 6.45) is 4.14. The number of hydrogen-bond acceptors (Lipinski definition) is 3. The van der Waals surface area contributed by atoms with Crippen molar-refractivity contribution >= 4 is 17.5 Å². The Labute approximate surface area is 91.4 Å². The number of ketones is 1. The number of nitrogens with zero attached hydrogens (tertiary/aromatic N) is 1. The van der Waals surface area contributed by atoms with Gasteiger partial charge in [-0.25, -0.2) is 0 Å². The number of carbonyl (C=O) groups excluding carboxylic acids is 1. The van der Waals surface area contributed by atoms with E-state index in [1.54, 1.807) is 0 Å². The van der Waals surface area contributed by atoms with Crippen molar-refractivity contribution in [2.45, 2.75) is 32.7 Å². The Morgan fingerprint density at radius 2 is 2.21 bits per heavy atom. The lowest BCUT2D eigenvalue weighted by molar-refractivity contribution is -0.127. The van der Waals surface area contributed by atoms with Crippen LogP contribution >= 0.6 is 11.8 Å². The van der Waals surface area contributed by atoms with Gasteiger partial charge in [0.2, 0.25) is 0 Å². The van der Waals surface area contributed by atoms with Crippen LogP contribution in [0.3, 0.4) is 0 Å². The standard InChI is InChI=1S/C11H21NOS/c1-9-10(2)12(6-4-8-14-3)7-5-11(9)13/h9-10H,4-8H2,1-3H3. The summed E-state index contributed by atoms with van der Waals surface area (Å²) < 4.78 is 0. The van der Waals surface area contributed by atoms with Gasteiger partial charge in [-0.2, -0.15) is 11.8 Å². The van der Waals surface area contributed by atoms with Crippen LogP contribution in [0, 0.1) is 5.92 Å². The van der Waals surface area contributed by atoms with Gasteiger partial charge in [-0.05, 0) is 31.9 Å². The van der Waals surface area contributed by atoms with E-state index in [2.05, 4.69) is 25.0 Å². The molecule has 2 nitrogen and oxygen atoms in total. The van der Waals surface area contributed by atoms with Crippen molar-refractivity contribution in [2.75, 3.05) is 25.1 Å². The summed E-state index contributed by atoms with van der Waals surface area (Å²) in [6.45, 7) is 6.37. The van der Waals surface area contributed by atoms with Crippen LogP contribution in [0.25, 0.3) is 0 Å². The average molecular weight is 215 g/mol. The molecule has 82 valence electrons. The van der Waals surface area contributed by atoms with Gasteiger partial charge in [0, 0.05) is 24.9 Å². The molecule has 1 aliphatic heterocycles. The molecule has 0 saturated carbocycles. The number of likely N-dealkylation sites (tertiary alicyclic amines) is 1. The van der Waals surface area contributed by atoms with Gasteiger partial charge in [0.15, 0.2) is 0 Å². The first-order chi connectivity index (χ1) is 6.66. The molecule has 0 aliphatic carbocycles. The minimum absolute atomic E-state index is 0.234. The van der Waals surface area contributed by atoms with Crippen molar-refractivity contribution in [1.82, 2.24) is 4.90 Å². The third-order valence-corrected chi connectivity index (χ3v) is 3.94. The topological polar surface area (TPSA) is 20.3 Å². The van der Waals surface area contributed by atoms with Crippen LogP contribution in [-0.4, -0.2) is 41.8 Å². The van der Waals surface area contributed by atoms with E-state index < -0.39 is 0 Å². The second kappa shape index (κ2) is 5.76. The molecule has 2 atom stereocenters. The molecule has 0 bridgehead atoms. The number of hydrogen-bond donors (Lipinski definition) is 0. The molecule has 0 aromatic rings. The van der Waals surface area contributed by atoms with Gasteiger partial charge < -0.3 is 0 Å². The monoisotopic (exact) mass is 215 g/mol. The molecule has 1 aliphatic rings. The molecular formula is C11H21NOS. The molecule has 1 heterocycles. The summed E-state index contributed by atoms with van der Waals surface area (Å²) >= 11 is 1.90. The minimum atomic E-state index is 0.234. The molecule has 3 heteroatoms. The number of thioether (sulfide) groups is 1. The van der Waals surface area contributed by atoms with Crippen LogP contribution in [-0.2, 0) is 4.79 Å². The Kier molecular flexibility index (Phi) is 4.96. The van der Waals surface area contributed by atoms with E-state index in [0.717, 1.165) is 19.5 Å². The predicted molar refractivity (Wildman–Crippen MR) is 62.8 cm³/mol. The highest BCUT2D eigenvalue weighted by Crippen LogP contribution is 2.20. The van der Waals surface area contributed by atoms with E-state index in [-0.39, 0.29) is 5.92 Å². The third kappa shape index (κ3) is 2.99. The molecule has 2 unspecified atom stereocenters. The highest BCUT2D eigenvalue weighted by Gasteiger charge is 2.29. The maximum absolute atomic E-state index is 11.4. The Balaban J connectivity index is 2.35. The lowest BCUT2D eigenvalue weighted by Crippen LogP contribution is -2.47. The summed E-state index contributed by atoms with van der Waals surface area (Å²) in [4.78, 5) is 13.9. The lowest BCUT2D eigenvalue weighted by Gasteiger charge is -2.36. The number of piperidine rings is 1. The van der Waals surface area contributed by atoms with Crippen molar-refractivity contribution in [3.05, 3.63) is 0 Å². The largest absolute Gasteiger partial charge is 0.299 e. The van der Waals surface area contributed by atoms with Crippen molar-refractivity contribution in [2.24, 2.45) is 5.92 Å². The lowest BCUT2D eigenvalue weighted by atomic mass is 9.91. The van der Waals surface area contributed by atoms with Crippen LogP contribution in [0.1, 0.15) is 26.7 Å². The molecule has 1 rings (SSSR count). The van der Waals surface area contributed by atoms with E-state index in [9.17, 15) is 4.79 Å². The fraction of sp³-hybridized carbons (Fsp3) is 0.909. The zero-order valence-corrected chi connectivity index (χ0v) is 10.3. The first kappa shape index (κ1) is 12.1. The quantitative estimate of drug-likeness (QED) is 0.669. The predicted octanol–water partition coefficient (Wildman–Crippen LogP) is 2.04. The van der Waals surface area contributed by atoms with Crippen LogP contribution in [0.2, 0.25) is 0 Å². The van der Waals surface area contributed by atoms with Crippen molar-refractivity contribution < 1.29 is 4.79 Å². The molecule has 1 saturated heterocycles. The fourth-order valence-electron chi connectivity index (χ4n) is 2.00. The summed E-state index contributed by atoms with van der Waals surface area (Å²) in [5.74, 6) is 1.91. The Bertz CT molecular complexity index is 196. The molecule has 0 aromatic carbocycles. The maximum Gasteiger partial charge on any atom is 0.138 e. The molecule has 0 spiro atoms. The van der Waals surface area contributed by atoms with Gasteiger partial charge in [0.1, 0.15) is 5.78 Å². The molecule has 1 fully saturated rings. The highest BCUT2D eigenvalue weighted by atomic mass is 32.2. The minimum Gasteiger partial charge on any atom is -0.299 e. The van der Waals surface area contributed by atoms with E-state index in [1.165, 1.54) is 12.2 Å². The zero-order valence-electron chi connectivity index (χ0n) is 9.45. The number of carbonyl (C=O) groups is 1. The van der Waals surface area contributed by atoms with Gasteiger partial charge in [0.05, 0.1) is 0 Å². The highest BCUT2D eigenvalue weighted by molar-refractivity contribution is 7.98.